The lowest BCUT2D eigenvalue weighted by atomic mass is 10.1. The number of rotatable bonds is 4. The average Bonchev–Trinajstić information content (AvgIpc) is 2.26. The summed E-state index contributed by atoms with van der Waals surface area (Å²) in [7, 11) is 0. The van der Waals surface area contributed by atoms with Gasteiger partial charge in [0.2, 0.25) is 5.91 Å². The molecule has 0 radical (unpaired) electrons. The number of aliphatic hydroxyl groups excluding tert-OH is 1. The second-order valence-corrected chi connectivity index (χ2v) is 4.96. The Hall–Kier alpha value is -0.220. The molecule has 0 saturated carbocycles. The fraction of sp³-hybridized carbons (Fsp3) is 0.900. The first-order valence-electron chi connectivity index (χ1n) is 5.30. The molecular weight excluding hydrogens is 198 g/mol. The fourth-order valence-corrected chi connectivity index (χ4v) is 2.73. The van der Waals surface area contributed by atoms with Crippen LogP contribution in [0.25, 0.3) is 0 Å². The van der Waals surface area contributed by atoms with Crippen LogP contribution in [0.2, 0.25) is 0 Å². The standard InChI is InChI=1S/C10H19NO2S/c1-2-8(7-12)11-10(13)9-5-3-4-6-14-9/h8-9,12H,2-7H2,1H3,(H,11,13). The Morgan fingerprint density at radius 2 is 2.43 bits per heavy atom. The van der Waals surface area contributed by atoms with Crippen LogP contribution in [-0.4, -0.2) is 34.7 Å². The highest BCUT2D eigenvalue weighted by Crippen LogP contribution is 2.25. The van der Waals surface area contributed by atoms with Gasteiger partial charge >= 0.3 is 0 Å². The van der Waals surface area contributed by atoms with E-state index in [2.05, 4.69) is 5.32 Å². The normalized spacial score (nSPS) is 24.3. The van der Waals surface area contributed by atoms with Gasteiger partial charge in [0.05, 0.1) is 17.9 Å². The number of carbonyl (C=O) groups is 1. The minimum absolute atomic E-state index is 0.0413. The molecule has 1 rings (SSSR count). The smallest absolute Gasteiger partial charge is 0.233 e. The van der Waals surface area contributed by atoms with Crippen molar-refractivity contribution in [2.75, 3.05) is 12.4 Å². The van der Waals surface area contributed by atoms with E-state index in [1.807, 2.05) is 6.92 Å². The summed E-state index contributed by atoms with van der Waals surface area (Å²) in [4.78, 5) is 11.7. The lowest BCUT2D eigenvalue weighted by Gasteiger charge is -2.23. The van der Waals surface area contributed by atoms with Crippen LogP contribution in [0.15, 0.2) is 0 Å². The summed E-state index contributed by atoms with van der Waals surface area (Å²) in [6.45, 7) is 2.01. The quantitative estimate of drug-likeness (QED) is 0.743. The van der Waals surface area contributed by atoms with Gasteiger partial charge in [-0.1, -0.05) is 13.3 Å². The molecule has 0 aromatic rings. The van der Waals surface area contributed by atoms with Crippen LogP contribution in [0.3, 0.4) is 0 Å². The van der Waals surface area contributed by atoms with Crippen molar-refractivity contribution in [1.29, 1.82) is 0 Å². The van der Waals surface area contributed by atoms with Crippen LogP contribution in [-0.2, 0) is 4.79 Å². The van der Waals surface area contributed by atoms with Gasteiger partial charge in [0.25, 0.3) is 0 Å². The third-order valence-corrected chi connectivity index (χ3v) is 3.91. The van der Waals surface area contributed by atoms with Gasteiger partial charge in [0.15, 0.2) is 0 Å². The number of hydrogen-bond donors (Lipinski definition) is 2. The number of amides is 1. The first-order valence-corrected chi connectivity index (χ1v) is 6.35. The molecule has 1 fully saturated rings. The summed E-state index contributed by atoms with van der Waals surface area (Å²) in [6, 6.07) is -0.0648. The van der Waals surface area contributed by atoms with Crippen molar-refractivity contribution in [3.63, 3.8) is 0 Å². The van der Waals surface area contributed by atoms with Crippen LogP contribution >= 0.6 is 11.8 Å². The molecule has 0 spiro atoms. The number of thioether (sulfide) groups is 1. The van der Waals surface area contributed by atoms with E-state index >= 15 is 0 Å². The van der Waals surface area contributed by atoms with Gasteiger partial charge < -0.3 is 10.4 Å². The number of carbonyl (C=O) groups excluding carboxylic acids is 1. The van der Waals surface area contributed by atoms with Crippen molar-refractivity contribution >= 4 is 17.7 Å². The molecule has 3 nitrogen and oxygen atoms in total. The summed E-state index contributed by atoms with van der Waals surface area (Å²) in [6.07, 6.45) is 4.16. The van der Waals surface area contributed by atoms with E-state index in [-0.39, 0.29) is 23.8 Å². The van der Waals surface area contributed by atoms with Crippen molar-refractivity contribution in [2.45, 2.75) is 43.9 Å². The van der Waals surface area contributed by atoms with E-state index in [1.54, 1.807) is 11.8 Å². The van der Waals surface area contributed by atoms with Crippen molar-refractivity contribution in [1.82, 2.24) is 5.32 Å². The summed E-state index contributed by atoms with van der Waals surface area (Å²) in [5, 5.41) is 11.9. The Kier molecular flexibility index (Phi) is 5.33. The minimum atomic E-state index is -0.0648. The molecule has 0 aromatic heterocycles. The van der Waals surface area contributed by atoms with Crippen molar-refractivity contribution < 1.29 is 9.90 Å². The van der Waals surface area contributed by atoms with Crippen molar-refractivity contribution in [2.24, 2.45) is 0 Å². The van der Waals surface area contributed by atoms with E-state index in [9.17, 15) is 4.79 Å². The Morgan fingerprint density at radius 1 is 1.64 bits per heavy atom. The average molecular weight is 217 g/mol. The van der Waals surface area contributed by atoms with Gasteiger partial charge in [-0.25, -0.2) is 0 Å². The molecule has 2 N–H and O–H groups in total. The van der Waals surface area contributed by atoms with Crippen molar-refractivity contribution in [3.05, 3.63) is 0 Å². The van der Waals surface area contributed by atoms with Gasteiger partial charge in [-0.3, -0.25) is 4.79 Å². The first-order chi connectivity index (χ1) is 6.77. The maximum absolute atomic E-state index is 11.7. The van der Waals surface area contributed by atoms with Crippen LogP contribution in [0.5, 0.6) is 0 Å². The zero-order chi connectivity index (χ0) is 10.4. The molecule has 0 aliphatic carbocycles. The van der Waals surface area contributed by atoms with Gasteiger partial charge in [-0.15, -0.1) is 11.8 Å². The van der Waals surface area contributed by atoms with Crippen LogP contribution in [0, 0.1) is 0 Å². The highest BCUT2D eigenvalue weighted by Gasteiger charge is 2.22. The first kappa shape index (κ1) is 11.9. The Balaban J connectivity index is 2.32. The molecule has 0 aromatic carbocycles. The van der Waals surface area contributed by atoms with E-state index in [4.69, 9.17) is 5.11 Å². The fourth-order valence-electron chi connectivity index (χ4n) is 1.52. The van der Waals surface area contributed by atoms with Crippen LogP contribution in [0.4, 0.5) is 0 Å². The molecule has 1 aliphatic heterocycles. The van der Waals surface area contributed by atoms with Gasteiger partial charge in [-0.05, 0) is 25.0 Å². The third-order valence-electron chi connectivity index (χ3n) is 2.53. The van der Waals surface area contributed by atoms with Crippen LogP contribution in [0.1, 0.15) is 32.6 Å². The second-order valence-electron chi connectivity index (χ2n) is 3.65. The summed E-state index contributed by atoms with van der Waals surface area (Å²) in [5.74, 6) is 1.20. The lowest BCUT2D eigenvalue weighted by molar-refractivity contribution is -0.121. The summed E-state index contributed by atoms with van der Waals surface area (Å²) < 4.78 is 0. The zero-order valence-corrected chi connectivity index (χ0v) is 9.48. The highest BCUT2D eigenvalue weighted by molar-refractivity contribution is 8.00. The predicted octanol–water partition coefficient (Wildman–Crippen LogP) is 1.16. The van der Waals surface area contributed by atoms with E-state index in [0.717, 1.165) is 25.0 Å². The molecule has 1 amide bonds. The molecule has 4 heteroatoms. The molecule has 2 unspecified atom stereocenters. The van der Waals surface area contributed by atoms with E-state index < -0.39 is 0 Å². The number of nitrogens with one attached hydrogen (secondary N) is 1. The monoisotopic (exact) mass is 217 g/mol. The molecule has 1 aliphatic rings. The molecule has 2 atom stereocenters. The second kappa shape index (κ2) is 6.30. The van der Waals surface area contributed by atoms with Gasteiger partial charge in [-0.2, -0.15) is 0 Å². The number of aliphatic hydroxyl groups is 1. The van der Waals surface area contributed by atoms with Crippen LogP contribution < -0.4 is 5.32 Å². The number of hydrogen-bond acceptors (Lipinski definition) is 3. The molecular formula is C10H19NO2S. The Labute approximate surface area is 89.6 Å². The predicted molar refractivity (Wildman–Crippen MR) is 59.4 cm³/mol. The summed E-state index contributed by atoms with van der Waals surface area (Å²) in [5.41, 5.74) is 0. The SMILES string of the molecule is CCC(CO)NC(=O)C1CCCCS1. The molecule has 1 saturated heterocycles. The topological polar surface area (TPSA) is 49.3 Å². The minimum Gasteiger partial charge on any atom is -0.394 e. The molecule has 14 heavy (non-hydrogen) atoms. The largest absolute Gasteiger partial charge is 0.394 e. The molecule has 0 bridgehead atoms. The van der Waals surface area contributed by atoms with Gasteiger partial charge in [0, 0.05) is 0 Å². The third kappa shape index (κ3) is 3.50. The maximum Gasteiger partial charge on any atom is 0.233 e. The Morgan fingerprint density at radius 3 is 2.93 bits per heavy atom. The highest BCUT2D eigenvalue weighted by atomic mass is 32.2. The van der Waals surface area contributed by atoms with E-state index in [0.29, 0.717) is 0 Å². The Bertz CT molecular complexity index is 177. The zero-order valence-electron chi connectivity index (χ0n) is 8.66. The van der Waals surface area contributed by atoms with Gasteiger partial charge in [0.1, 0.15) is 0 Å². The summed E-state index contributed by atoms with van der Waals surface area (Å²) >= 11 is 1.74. The molecule has 82 valence electrons. The van der Waals surface area contributed by atoms with E-state index in [1.165, 1.54) is 6.42 Å². The lowest BCUT2D eigenvalue weighted by Crippen LogP contribution is -2.42. The maximum atomic E-state index is 11.7. The molecule has 1 heterocycles. The van der Waals surface area contributed by atoms with Crippen molar-refractivity contribution in [3.8, 4) is 0 Å².